The monoisotopic (exact) mass is 254 g/mol. The molecule has 1 rings (SSSR count). The van der Waals surface area contributed by atoms with Crippen molar-refractivity contribution in [3.8, 4) is 0 Å². The maximum Gasteiger partial charge on any atom is 0.329 e. The van der Waals surface area contributed by atoms with Gasteiger partial charge in [0.05, 0.1) is 0 Å². The van der Waals surface area contributed by atoms with Crippen molar-refractivity contribution in [2.24, 2.45) is 0 Å². The SMILES string of the molecule is C=C(C)CN(C)C(=O)N1CCCC1(CC)C(=O)O. The van der Waals surface area contributed by atoms with Crippen molar-refractivity contribution in [2.75, 3.05) is 20.1 Å². The normalized spacial score (nSPS) is 22.9. The number of amides is 2. The Morgan fingerprint density at radius 3 is 2.56 bits per heavy atom. The van der Waals surface area contributed by atoms with Gasteiger partial charge in [-0.15, -0.1) is 0 Å². The third kappa shape index (κ3) is 2.49. The number of nitrogens with zero attached hydrogens (tertiary/aromatic N) is 2. The lowest BCUT2D eigenvalue weighted by molar-refractivity contribution is -0.148. The highest BCUT2D eigenvalue weighted by Gasteiger charge is 2.49. The van der Waals surface area contributed by atoms with Gasteiger partial charge >= 0.3 is 12.0 Å². The number of hydrogen-bond acceptors (Lipinski definition) is 2. The number of carboxylic acids is 1. The Bertz CT molecular complexity index is 367. The van der Waals surface area contributed by atoms with E-state index in [2.05, 4.69) is 6.58 Å². The van der Waals surface area contributed by atoms with E-state index in [4.69, 9.17) is 0 Å². The highest BCUT2D eigenvalue weighted by atomic mass is 16.4. The van der Waals surface area contributed by atoms with Gasteiger partial charge in [0.1, 0.15) is 5.54 Å². The summed E-state index contributed by atoms with van der Waals surface area (Å²) in [5.41, 5.74) is -0.150. The van der Waals surface area contributed by atoms with E-state index in [1.807, 2.05) is 13.8 Å². The molecule has 0 spiro atoms. The Balaban J connectivity index is 2.90. The maximum absolute atomic E-state index is 12.3. The largest absolute Gasteiger partial charge is 0.479 e. The number of urea groups is 1. The standard InChI is InChI=1S/C13H22N2O3/c1-5-13(11(16)17)7-6-8-15(13)12(18)14(4)9-10(2)3/h2,5-9H2,1,3-4H3,(H,16,17). The zero-order chi connectivity index (χ0) is 13.9. The van der Waals surface area contributed by atoms with E-state index < -0.39 is 11.5 Å². The van der Waals surface area contributed by atoms with Crippen molar-refractivity contribution in [1.29, 1.82) is 0 Å². The third-order valence-corrected chi connectivity index (χ3v) is 3.54. The predicted molar refractivity (Wildman–Crippen MR) is 69.4 cm³/mol. The van der Waals surface area contributed by atoms with Crippen LogP contribution in [0.5, 0.6) is 0 Å². The molecule has 0 aliphatic carbocycles. The lowest BCUT2D eigenvalue weighted by atomic mass is 9.93. The molecule has 1 aliphatic rings. The Kier molecular flexibility index (Phi) is 4.38. The van der Waals surface area contributed by atoms with Crippen LogP contribution >= 0.6 is 0 Å². The molecule has 102 valence electrons. The number of carbonyl (C=O) groups is 2. The number of aliphatic carboxylic acids is 1. The molecule has 0 saturated carbocycles. The second-order valence-electron chi connectivity index (χ2n) is 5.04. The Morgan fingerprint density at radius 1 is 1.50 bits per heavy atom. The number of rotatable bonds is 4. The van der Waals surface area contributed by atoms with Crippen LogP contribution in [0.15, 0.2) is 12.2 Å². The Labute approximate surface area is 108 Å². The summed E-state index contributed by atoms with van der Waals surface area (Å²) in [7, 11) is 1.68. The van der Waals surface area contributed by atoms with Crippen LogP contribution in [-0.2, 0) is 4.79 Å². The summed E-state index contributed by atoms with van der Waals surface area (Å²) in [6, 6.07) is -0.222. The number of carboxylic acid groups (broad SMARTS) is 1. The van der Waals surface area contributed by atoms with Crippen molar-refractivity contribution in [1.82, 2.24) is 9.80 Å². The second-order valence-corrected chi connectivity index (χ2v) is 5.04. The van der Waals surface area contributed by atoms with E-state index in [9.17, 15) is 14.7 Å². The molecule has 1 aliphatic heterocycles. The lowest BCUT2D eigenvalue weighted by Gasteiger charge is -2.36. The molecule has 5 nitrogen and oxygen atoms in total. The molecule has 18 heavy (non-hydrogen) atoms. The van der Waals surface area contributed by atoms with Gasteiger partial charge in [0.25, 0.3) is 0 Å². The first kappa shape index (κ1) is 14.5. The molecular formula is C13H22N2O3. The number of carbonyl (C=O) groups excluding carboxylic acids is 1. The van der Waals surface area contributed by atoms with Crippen LogP contribution in [0.1, 0.15) is 33.1 Å². The van der Waals surface area contributed by atoms with Crippen LogP contribution in [0.4, 0.5) is 4.79 Å². The molecule has 0 aromatic carbocycles. The molecule has 2 amide bonds. The van der Waals surface area contributed by atoms with Gasteiger partial charge in [-0.3, -0.25) is 0 Å². The van der Waals surface area contributed by atoms with E-state index in [0.717, 1.165) is 12.0 Å². The molecule has 0 radical (unpaired) electrons. The molecule has 1 atom stereocenters. The van der Waals surface area contributed by atoms with E-state index >= 15 is 0 Å². The first-order chi connectivity index (χ1) is 8.35. The molecule has 1 heterocycles. The zero-order valence-electron chi connectivity index (χ0n) is 11.4. The topological polar surface area (TPSA) is 60.9 Å². The molecule has 1 fully saturated rings. The van der Waals surface area contributed by atoms with Gasteiger partial charge in [0, 0.05) is 20.1 Å². The summed E-state index contributed by atoms with van der Waals surface area (Å²) in [6.07, 6.45) is 1.72. The molecule has 1 saturated heterocycles. The van der Waals surface area contributed by atoms with Crippen LogP contribution in [0.25, 0.3) is 0 Å². The van der Waals surface area contributed by atoms with Crippen molar-refractivity contribution in [3.63, 3.8) is 0 Å². The summed E-state index contributed by atoms with van der Waals surface area (Å²) in [4.78, 5) is 26.8. The van der Waals surface area contributed by atoms with Crippen molar-refractivity contribution < 1.29 is 14.7 Å². The second kappa shape index (κ2) is 5.42. The summed E-state index contributed by atoms with van der Waals surface area (Å²) in [5.74, 6) is -0.903. The van der Waals surface area contributed by atoms with Crippen molar-refractivity contribution in [2.45, 2.75) is 38.6 Å². The minimum atomic E-state index is -1.03. The van der Waals surface area contributed by atoms with Gasteiger partial charge in [-0.2, -0.15) is 0 Å². The van der Waals surface area contributed by atoms with Gasteiger partial charge < -0.3 is 14.9 Å². The zero-order valence-corrected chi connectivity index (χ0v) is 11.4. The number of likely N-dealkylation sites (tertiary alicyclic amines) is 1. The average Bonchev–Trinajstić information content (AvgIpc) is 2.71. The summed E-state index contributed by atoms with van der Waals surface area (Å²) in [6.45, 7) is 8.40. The van der Waals surface area contributed by atoms with E-state index in [0.29, 0.717) is 25.9 Å². The highest BCUT2D eigenvalue weighted by Crippen LogP contribution is 2.33. The highest BCUT2D eigenvalue weighted by molar-refractivity contribution is 5.87. The Morgan fingerprint density at radius 2 is 2.11 bits per heavy atom. The minimum absolute atomic E-state index is 0.222. The molecule has 0 aromatic heterocycles. The molecule has 5 heteroatoms. The van der Waals surface area contributed by atoms with Crippen LogP contribution in [0.2, 0.25) is 0 Å². The number of likely N-dealkylation sites (N-methyl/N-ethyl adjacent to an activating group) is 1. The van der Waals surface area contributed by atoms with Crippen molar-refractivity contribution in [3.05, 3.63) is 12.2 Å². The first-order valence-electron chi connectivity index (χ1n) is 6.25. The molecule has 1 N–H and O–H groups in total. The van der Waals surface area contributed by atoms with Crippen molar-refractivity contribution >= 4 is 12.0 Å². The van der Waals surface area contributed by atoms with Crippen LogP contribution in [-0.4, -0.2) is 52.6 Å². The summed E-state index contributed by atoms with van der Waals surface area (Å²) < 4.78 is 0. The fraction of sp³-hybridized carbons (Fsp3) is 0.692. The van der Waals surface area contributed by atoms with E-state index in [-0.39, 0.29) is 6.03 Å². The smallest absolute Gasteiger partial charge is 0.329 e. The molecule has 1 unspecified atom stereocenters. The van der Waals surface area contributed by atoms with Gasteiger partial charge in [-0.05, 0) is 26.2 Å². The summed E-state index contributed by atoms with van der Waals surface area (Å²) in [5, 5.41) is 9.42. The summed E-state index contributed by atoms with van der Waals surface area (Å²) >= 11 is 0. The van der Waals surface area contributed by atoms with Gasteiger partial charge in [-0.1, -0.05) is 19.1 Å². The minimum Gasteiger partial charge on any atom is -0.479 e. The number of hydrogen-bond donors (Lipinski definition) is 1. The quantitative estimate of drug-likeness (QED) is 0.780. The molecular weight excluding hydrogens is 232 g/mol. The van der Waals surface area contributed by atoms with Crippen LogP contribution in [0.3, 0.4) is 0 Å². The van der Waals surface area contributed by atoms with E-state index in [1.54, 1.807) is 7.05 Å². The fourth-order valence-corrected chi connectivity index (χ4v) is 2.58. The fourth-order valence-electron chi connectivity index (χ4n) is 2.58. The van der Waals surface area contributed by atoms with Gasteiger partial charge in [-0.25, -0.2) is 9.59 Å². The molecule has 0 bridgehead atoms. The predicted octanol–water partition coefficient (Wildman–Crippen LogP) is 1.94. The lowest BCUT2D eigenvalue weighted by Crippen LogP contribution is -2.56. The van der Waals surface area contributed by atoms with Crippen LogP contribution in [0, 0.1) is 0 Å². The maximum atomic E-state index is 12.3. The van der Waals surface area contributed by atoms with Gasteiger partial charge in [0.15, 0.2) is 0 Å². The van der Waals surface area contributed by atoms with Gasteiger partial charge in [0.2, 0.25) is 0 Å². The third-order valence-electron chi connectivity index (χ3n) is 3.54. The molecule has 0 aromatic rings. The van der Waals surface area contributed by atoms with Crippen LogP contribution < -0.4 is 0 Å². The first-order valence-corrected chi connectivity index (χ1v) is 6.25. The van der Waals surface area contributed by atoms with E-state index in [1.165, 1.54) is 9.80 Å². The average molecular weight is 254 g/mol. The Hall–Kier alpha value is -1.52.